The van der Waals surface area contributed by atoms with E-state index in [0.717, 1.165) is 35.9 Å². The number of benzene rings is 1. The second kappa shape index (κ2) is 11.2. The van der Waals surface area contributed by atoms with Crippen molar-refractivity contribution in [1.29, 1.82) is 0 Å². The molecule has 3 rings (SSSR count). The standard InChI is InChI=1S/C23H32N8OS/c1-5-22(32)26-16-6-8-18(9-7-16)33-23-28-20(27-19(25)12-15(2)24)13-21(29-23)31-11-10-17(14-31)30(3)4/h6-9,12-13,17H,5,10-11,14,24H2,1-4H3,(H,26,32)(H2,25,27,28,29)/b15-12-/t17-/m0/s1. The van der Waals surface area contributed by atoms with Gasteiger partial charge in [-0.2, -0.15) is 0 Å². The number of aromatic nitrogens is 2. The molecule has 2 aromatic rings. The third-order valence-electron chi connectivity index (χ3n) is 5.18. The van der Waals surface area contributed by atoms with E-state index in [1.165, 1.54) is 11.8 Å². The first-order valence-corrected chi connectivity index (χ1v) is 11.7. The fourth-order valence-electron chi connectivity index (χ4n) is 3.40. The number of amidine groups is 1. The second-order valence-electron chi connectivity index (χ2n) is 8.17. The van der Waals surface area contributed by atoms with E-state index < -0.39 is 0 Å². The summed E-state index contributed by atoms with van der Waals surface area (Å²) in [5, 5.41) is 3.43. The Bertz CT molecular complexity index is 1030. The van der Waals surface area contributed by atoms with Gasteiger partial charge in [-0.1, -0.05) is 6.92 Å². The Balaban J connectivity index is 1.87. The minimum atomic E-state index is -0.0186. The monoisotopic (exact) mass is 468 g/mol. The molecule has 1 aromatic heterocycles. The van der Waals surface area contributed by atoms with Gasteiger partial charge in [0.15, 0.2) is 11.0 Å². The molecule has 0 radical (unpaired) electrons. The number of carbonyl (C=O) groups excluding carboxylic acids is 1. The number of amides is 1. The number of hydrogen-bond donors (Lipinski definition) is 3. The topological polar surface area (TPSA) is 126 Å². The van der Waals surface area contributed by atoms with Crippen molar-refractivity contribution in [2.45, 2.75) is 42.8 Å². The van der Waals surface area contributed by atoms with Crippen molar-refractivity contribution in [1.82, 2.24) is 14.9 Å². The molecule has 1 aliphatic rings. The van der Waals surface area contributed by atoms with Crippen LogP contribution in [0.15, 0.2) is 57.1 Å². The molecule has 1 fully saturated rings. The van der Waals surface area contributed by atoms with Gasteiger partial charge in [-0.3, -0.25) is 4.79 Å². The summed E-state index contributed by atoms with van der Waals surface area (Å²) >= 11 is 1.43. The minimum Gasteiger partial charge on any atom is -0.402 e. The molecule has 1 amide bonds. The lowest BCUT2D eigenvalue weighted by molar-refractivity contribution is -0.115. The lowest BCUT2D eigenvalue weighted by atomic mass is 10.2. The number of carbonyl (C=O) groups is 1. The molecule has 9 nitrogen and oxygen atoms in total. The van der Waals surface area contributed by atoms with E-state index in [0.29, 0.717) is 35.0 Å². The van der Waals surface area contributed by atoms with Crippen LogP contribution in [0.1, 0.15) is 26.7 Å². The number of allylic oxidation sites excluding steroid dienone is 1. The van der Waals surface area contributed by atoms with Crippen LogP contribution in [-0.2, 0) is 4.79 Å². The van der Waals surface area contributed by atoms with Gasteiger partial charge in [0.05, 0.1) is 0 Å². The van der Waals surface area contributed by atoms with Crippen molar-refractivity contribution < 1.29 is 4.79 Å². The van der Waals surface area contributed by atoms with Crippen LogP contribution in [0.3, 0.4) is 0 Å². The molecule has 0 aliphatic carbocycles. The van der Waals surface area contributed by atoms with Crippen LogP contribution >= 0.6 is 11.8 Å². The van der Waals surface area contributed by atoms with Crippen molar-refractivity contribution in [3.05, 3.63) is 42.1 Å². The smallest absolute Gasteiger partial charge is 0.224 e. The summed E-state index contributed by atoms with van der Waals surface area (Å²) < 4.78 is 0. The fraction of sp³-hybridized carbons (Fsp3) is 0.391. The predicted molar refractivity (Wildman–Crippen MR) is 135 cm³/mol. The third-order valence-corrected chi connectivity index (χ3v) is 6.06. The van der Waals surface area contributed by atoms with Crippen LogP contribution in [-0.4, -0.2) is 59.8 Å². The number of nitrogens with two attached hydrogens (primary N) is 2. The molecule has 0 spiro atoms. The van der Waals surface area contributed by atoms with Crippen molar-refractivity contribution in [2.24, 2.45) is 16.5 Å². The molecule has 176 valence electrons. The number of aliphatic imine (C=N–C) groups is 1. The summed E-state index contributed by atoms with van der Waals surface area (Å²) in [4.78, 5) is 30.9. The molecule has 5 N–H and O–H groups in total. The average Bonchev–Trinajstić information content (AvgIpc) is 3.25. The quantitative estimate of drug-likeness (QED) is 0.307. The van der Waals surface area contributed by atoms with E-state index in [4.69, 9.17) is 16.5 Å². The van der Waals surface area contributed by atoms with Gasteiger partial charge >= 0.3 is 0 Å². The normalized spacial score (nSPS) is 17.0. The highest BCUT2D eigenvalue weighted by Crippen LogP contribution is 2.31. The molecule has 0 saturated carbocycles. The van der Waals surface area contributed by atoms with Crippen LogP contribution in [0.4, 0.5) is 17.3 Å². The molecule has 1 saturated heterocycles. The zero-order chi connectivity index (χ0) is 24.0. The summed E-state index contributed by atoms with van der Waals surface area (Å²) in [5.74, 6) is 1.58. The SMILES string of the molecule is CCC(=O)Nc1ccc(Sc2nc(/N=C(N)/C=C(/C)N)cc(N3CC[C@H](N(C)C)C3)n2)cc1. The Labute approximate surface area is 199 Å². The van der Waals surface area contributed by atoms with Gasteiger partial charge in [0.25, 0.3) is 0 Å². The molecular weight excluding hydrogens is 436 g/mol. The Morgan fingerprint density at radius 3 is 2.64 bits per heavy atom. The number of nitrogens with one attached hydrogen (secondary N) is 1. The molecule has 33 heavy (non-hydrogen) atoms. The second-order valence-corrected chi connectivity index (χ2v) is 9.21. The highest BCUT2D eigenvalue weighted by atomic mass is 32.2. The zero-order valence-corrected chi connectivity index (χ0v) is 20.4. The first-order chi connectivity index (χ1) is 15.7. The summed E-state index contributed by atoms with van der Waals surface area (Å²) in [6, 6.07) is 9.94. The minimum absolute atomic E-state index is 0.0186. The van der Waals surface area contributed by atoms with Gasteiger partial charge in [-0.05, 0) is 69.5 Å². The predicted octanol–water partition coefficient (Wildman–Crippen LogP) is 2.97. The lowest BCUT2D eigenvalue weighted by Crippen LogP contribution is -2.31. The van der Waals surface area contributed by atoms with Crippen molar-refractivity contribution in [3.8, 4) is 0 Å². The Hall–Kier alpha value is -3.11. The van der Waals surface area contributed by atoms with Gasteiger partial charge in [0, 0.05) is 47.9 Å². The van der Waals surface area contributed by atoms with Gasteiger partial charge < -0.3 is 26.6 Å². The van der Waals surface area contributed by atoms with Gasteiger partial charge in [-0.15, -0.1) is 0 Å². The molecule has 0 unspecified atom stereocenters. The zero-order valence-electron chi connectivity index (χ0n) is 19.6. The maximum absolute atomic E-state index is 11.6. The number of anilines is 2. The summed E-state index contributed by atoms with van der Waals surface area (Å²) in [6.07, 6.45) is 3.11. The molecule has 0 bridgehead atoms. The first-order valence-electron chi connectivity index (χ1n) is 10.9. The van der Waals surface area contributed by atoms with E-state index in [2.05, 4.69) is 39.2 Å². The van der Waals surface area contributed by atoms with Crippen LogP contribution in [0, 0.1) is 0 Å². The van der Waals surface area contributed by atoms with E-state index in [1.54, 1.807) is 13.0 Å². The number of likely N-dealkylation sites (N-methyl/N-ethyl adjacent to an activating group) is 1. The van der Waals surface area contributed by atoms with Crippen LogP contribution in [0.2, 0.25) is 0 Å². The Kier molecular flexibility index (Phi) is 8.29. The van der Waals surface area contributed by atoms with E-state index >= 15 is 0 Å². The van der Waals surface area contributed by atoms with Gasteiger partial charge in [-0.25, -0.2) is 15.0 Å². The summed E-state index contributed by atoms with van der Waals surface area (Å²) in [7, 11) is 4.19. The number of rotatable bonds is 8. The van der Waals surface area contributed by atoms with E-state index in [-0.39, 0.29) is 5.91 Å². The van der Waals surface area contributed by atoms with Crippen LogP contribution in [0.25, 0.3) is 0 Å². The van der Waals surface area contributed by atoms with E-state index in [9.17, 15) is 4.79 Å². The Morgan fingerprint density at radius 2 is 2.03 bits per heavy atom. The lowest BCUT2D eigenvalue weighted by Gasteiger charge is -2.21. The van der Waals surface area contributed by atoms with Crippen molar-refractivity contribution in [3.63, 3.8) is 0 Å². The average molecular weight is 469 g/mol. The third kappa shape index (κ3) is 7.19. The first kappa shape index (κ1) is 24.5. The molecule has 2 heterocycles. The van der Waals surface area contributed by atoms with Gasteiger partial charge in [0.2, 0.25) is 5.91 Å². The summed E-state index contributed by atoms with van der Waals surface area (Å²) in [5.41, 5.74) is 13.1. The van der Waals surface area contributed by atoms with Crippen LogP contribution < -0.4 is 21.7 Å². The molecule has 1 aliphatic heterocycles. The highest BCUT2D eigenvalue weighted by molar-refractivity contribution is 7.99. The molecule has 1 atom stereocenters. The van der Waals surface area contributed by atoms with Crippen molar-refractivity contribution in [2.75, 3.05) is 37.4 Å². The number of hydrogen-bond acceptors (Lipinski definition) is 8. The molecule has 1 aromatic carbocycles. The largest absolute Gasteiger partial charge is 0.402 e. The van der Waals surface area contributed by atoms with Crippen molar-refractivity contribution >= 4 is 40.8 Å². The molecular formula is C23H32N8OS. The maximum Gasteiger partial charge on any atom is 0.224 e. The Morgan fingerprint density at radius 1 is 1.30 bits per heavy atom. The summed E-state index contributed by atoms with van der Waals surface area (Å²) in [6.45, 7) is 5.38. The van der Waals surface area contributed by atoms with Gasteiger partial charge in [0.1, 0.15) is 11.7 Å². The van der Waals surface area contributed by atoms with E-state index in [1.807, 2.05) is 37.3 Å². The molecule has 10 heteroatoms. The van der Waals surface area contributed by atoms with Crippen LogP contribution in [0.5, 0.6) is 0 Å². The fourth-order valence-corrected chi connectivity index (χ4v) is 4.16. The highest BCUT2D eigenvalue weighted by Gasteiger charge is 2.25. The maximum atomic E-state index is 11.6. The number of nitrogens with zero attached hydrogens (tertiary/aromatic N) is 5.